The second kappa shape index (κ2) is 4.23. The molecular formula is C12H14O4. The minimum absolute atomic E-state index is 0.317. The monoisotopic (exact) mass is 222 g/mol. The minimum Gasteiger partial charge on any atom is -0.479 e. The summed E-state index contributed by atoms with van der Waals surface area (Å²) in [7, 11) is 0. The SMILES string of the molecule is C[C@]1(C(=O)O)O[C@H]1COCc1ccccc1. The van der Waals surface area contributed by atoms with Crippen molar-refractivity contribution in [3.63, 3.8) is 0 Å². The van der Waals surface area contributed by atoms with Crippen LogP contribution in [0.2, 0.25) is 0 Å². The molecule has 1 aliphatic heterocycles. The van der Waals surface area contributed by atoms with Crippen LogP contribution < -0.4 is 0 Å². The lowest BCUT2D eigenvalue weighted by Gasteiger charge is -2.03. The maximum atomic E-state index is 10.7. The Hall–Kier alpha value is -1.39. The van der Waals surface area contributed by atoms with Crippen LogP contribution in [0.1, 0.15) is 12.5 Å². The van der Waals surface area contributed by atoms with E-state index in [1.807, 2.05) is 30.3 Å². The maximum absolute atomic E-state index is 10.7. The first-order valence-corrected chi connectivity index (χ1v) is 5.16. The number of carboxylic acid groups (broad SMARTS) is 1. The fourth-order valence-electron chi connectivity index (χ4n) is 1.50. The van der Waals surface area contributed by atoms with Crippen LogP contribution in [0.4, 0.5) is 0 Å². The van der Waals surface area contributed by atoms with Crippen LogP contribution >= 0.6 is 0 Å². The average Bonchev–Trinajstić information content (AvgIpc) is 2.93. The van der Waals surface area contributed by atoms with Crippen LogP contribution in [0.15, 0.2) is 30.3 Å². The summed E-state index contributed by atoms with van der Waals surface area (Å²) in [5.41, 5.74) is 0.0247. The van der Waals surface area contributed by atoms with Crippen LogP contribution in [0, 0.1) is 0 Å². The standard InChI is InChI=1S/C12H14O4/c1-12(11(13)14)10(16-12)8-15-7-9-5-3-2-4-6-9/h2-6,10H,7-8H2,1H3,(H,13,14)/t10-,12-/m0/s1. The third kappa shape index (κ3) is 2.23. The number of carboxylic acids is 1. The van der Waals surface area contributed by atoms with Crippen LogP contribution in [-0.4, -0.2) is 29.4 Å². The van der Waals surface area contributed by atoms with Gasteiger partial charge in [-0.05, 0) is 12.5 Å². The van der Waals surface area contributed by atoms with Gasteiger partial charge < -0.3 is 14.6 Å². The molecule has 0 radical (unpaired) electrons. The summed E-state index contributed by atoms with van der Waals surface area (Å²) in [4.78, 5) is 10.7. The molecule has 0 bridgehead atoms. The van der Waals surface area contributed by atoms with E-state index in [1.54, 1.807) is 6.92 Å². The molecule has 0 spiro atoms. The normalized spacial score (nSPS) is 27.7. The first kappa shape index (κ1) is 11.1. The van der Waals surface area contributed by atoms with E-state index in [4.69, 9.17) is 14.6 Å². The van der Waals surface area contributed by atoms with E-state index in [0.717, 1.165) is 5.56 Å². The van der Waals surface area contributed by atoms with Crippen molar-refractivity contribution in [2.24, 2.45) is 0 Å². The van der Waals surface area contributed by atoms with Crippen LogP contribution in [0.3, 0.4) is 0 Å². The van der Waals surface area contributed by atoms with Gasteiger partial charge in [-0.15, -0.1) is 0 Å². The highest BCUT2D eigenvalue weighted by Gasteiger charge is 2.59. The van der Waals surface area contributed by atoms with Gasteiger partial charge in [-0.1, -0.05) is 30.3 Å². The lowest BCUT2D eigenvalue weighted by atomic mass is 10.1. The van der Waals surface area contributed by atoms with Gasteiger partial charge in [0.2, 0.25) is 0 Å². The molecule has 1 heterocycles. The summed E-state index contributed by atoms with van der Waals surface area (Å²) in [6, 6.07) is 9.74. The van der Waals surface area contributed by atoms with Crippen LogP contribution in [0.25, 0.3) is 0 Å². The Labute approximate surface area is 93.8 Å². The second-order valence-electron chi connectivity index (χ2n) is 4.02. The molecule has 4 heteroatoms. The van der Waals surface area contributed by atoms with E-state index in [2.05, 4.69) is 0 Å². The van der Waals surface area contributed by atoms with Gasteiger partial charge in [0.05, 0.1) is 13.2 Å². The van der Waals surface area contributed by atoms with E-state index < -0.39 is 11.6 Å². The summed E-state index contributed by atoms with van der Waals surface area (Å²) < 4.78 is 10.5. The number of ether oxygens (including phenoxy) is 2. The molecule has 0 aromatic heterocycles. The van der Waals surface area contributed by atoms with E-state index in [1.165, 1.54) is 0 Å². The first-order valence-electron chi connectivity index (χ1n) is 5.16. The van der Waals surface area contributed by atoms with Crippen LogP contribution in [0.5, 0.6) is 0 Å². The third-order valence-electron chi connectivity index (χ3n) is 2.75. The number of aliphatic carboxylic acids is 1. The van der Waals surface area contributed by atoms with Crippen molar-refractivity contribution < 1.29 is 19.4 Å². The molecule has 0 saturated carbocycles. The topological polar surface area (TPSA) is 59.1 Å². The second-order valence-corrected chi connectivity index (χ2v) is 4.02. The predicted octanol–water partition coefficient (Wildman–Crippen LogP) is 1.45. The van der Waals surface area contributed by atoms with Gasteiger partial charge in [-0.3, -0.25) is 0 Å². The molecule has 86 valence electrons. The lowest BCUT2D eigenvalue weighted by Crippen LogP contribution is -2.24. The maximum Gasteiger partial charge on any atom is 0.338 e. The summed E-state index contributed by atoms with van der Waals surface area (Å²) in [5, 5.41) is 8.82. The minimum atomic E-state index is -1.04. The molecule has 0 unspecified atom stereocenters. The number of hydrogen-bond donors (Lipinski definition) is 1. The largest absolute Gasteiger partial charge is 0.479 e. The van der Waals surface area contributed by atoms with Crippen molar-refractivity contribution in [3.8, 4) is 0 Å². The average molecular weight is 222 g/mol. The zero-order valence-corrected chi connectivity index (χ0v) is 9.05. The molecular weight excluding hydrogens is 208 g/mol. The number of carbonyl (C=O) groups is 1. The lowest BCUT2D eigenvalue weighted by molar-refractivity contribution is -0.142. The highest BCUT2D eigenvalue weighted by atomic mass is 16.6. The van der Waals surface area contributed by atoms with E-state index in [9.17, 15) is 4.79 Å². The molecule has 16 heavy (non-hydrogen) atoms. The number of epoxide rings is 1. The summed E-state index contributed by atoms with van der Waals surface area (Å²) >= 11 is 0. The Morgan fingerprint density at radius 1 is 1.50 bits per heavy atom. The van der Waals surface area contributed by atoms with Gasteiger partial charge in [0, 0.05) is 0 Å². The molecule has 2 atom stereocenters. The molecule has 1 N–H and O–H groups in total. The molecule has 2 rings (SSSR count). The fraction of sp³-hybridized carbons (Fsp3) is 0.417. The molecule has 1 aliphatic rings. The molecule has 1 aromatic rings. The first-order chi connectivity index (χ1) is 7.63. The van der Waals surface area contributed by atoms with E-state index >= 15 is 0 Å². The molecule has 1 aromatic carbocycles. The summed E-state index contributed by atoms with van der Waals surface area (Å²) in [5.74, 6) is -0.930. The summed E-state index contributed by atoms with van der Waals surface area (Å²) in [6.45, 7) is 2.36. The van der Waals surface area contributed by atoms with E-state index in [0.29, 0.717) is 13.2 Å². The van der Waals surface area contributed by atoms with E-state index in [-0.39, 0.29) is 6.10 Å². The third-order valence-corrected chi connectivity index (χ3v) is 2.75. The molecule has 0 amide bonds. The fourth-order valence-corrected chi connectivity index (χ4v) is 1.50. The Morgan fingerprint density at radius 2 is 2.19 bits per heavy atom. The summed E-state index contributed by atoms with van der Waals surface area (Å²) in [6.07, 6.45) is -0.325. The quantitative estimate of drug-likeness (QED) is 0.766. The Balaban J connectivity index is 1.73. The van der Waals surface area contributed by atoms with Crippen molar-refractivity contribution in [1.82, 2.24) is 0 Å². The Morgan fingerprint density at radius 3 is 2.75 bits per heavy atom. The zero-order valence-electron chi connectivity index (χ0n) is 9.05. The number of hydrogen-bond acceptors (Lipinski definition) is 3. The van der Waals surface area contributed by atoms with Crippen molar-refractivity contribution in [1.29, 1.82) is 0 Å². The van der Waals surface area contributed by atoms with Gasteiger partial charge >= 0.3 is 5.97 Å². The number of benzene rings is 1. The Kier molecular flexibility index (Phi) is 2.94. The van der Waals surface area contributed by atoms with Crippen molar-refractivity contribution in [2.75, 3.05) is 6.61 Å². The molecule has 1 fully saturated rings. The van der Waals surface area contributed by atoms with Gasteiger partial charge in [-0.2, -0.15) is 0 Å². The van der Waals surface area contributed by atoms with Gasteiger partial charge in [0.1, 0.15) is 6.10 Å². The van der Waals surface area contributed by atoms with Gasteiger partial charge in [-0.25, -0.2) is 4.79 Å². The molecule has 0 aliphatic carbocycles. The van der Waals surface area contributed by atoms with Crippen molar-refractivity contribution >= 4 is 5.97 Å². The van der Waals surface area contributed by atoms with Gasteiger partial charge in [0.15, 0.2) is 5.60 Å². The predicted molar refractivity (Wildman–Crippen MR) is 57.0 cm³/mol. The molecule has 1 saturated heterocycles. The van der Waals surface area contributed by atoms with Crippen molar-refractivity contribution in [3.05, 3.63) is 35.9 Å². The smallest absolute Gasteiger partial charge is 0.338 e. The van der Waals surface area contributed by atoms with Crippen LogP contribution in [-0.2, 0) is 20.9 Å². The van der Waals surface area contributed by atoms with Gasteiger partial charge in [0.25, 0.3) is 0 Å². The molecule has 4 nitrogen and oxygen atoms in total. The Bertz CT molecular complexity index is 376. The highest BCUT2D eigenvalue weighted by molar-refractivity contribution is 5.80. The zero-order chi connectivity index (χ0) is 11.6. The highest BCUT2D eigenvalue weighted by Crippen LogP contribution is 2.36. The van der Waals surface area contributed by atoms with Crippen molar-refractivity contribution in [2.45, 2.75) is 25.2 Å². The number of rotatable bonds is 5.